The molecule has 0 saturated heterocycles. The molecule has 3 rings (SSSR count). The number of hydrogen-bond donors (Lipinski definition) is 1. The number of nitrogens with zero attached hydrogens (tertiary/aromatic N) is 3. The van der Waals surface area contributed by atoms with Gasteiger partial charge in [-0.25, -0.2) is 9.48 Å². The molecule has 2 N–H and O–H groups in total. The summed E-state index contributed by atoms with van der Waals surface area (Å²) in [5.74, 6) is -0.0383. The Labute approximate surface area is 122 Å². The van der Waals surface area contributed by atoms with E-state index in [-0.39, 0.29) is 5.69 Å². The second-order valence-corrected chi connectivity index (χ2v) is 5.20. The zero-order valence-corrected chi connectivity index (χ0v) is 12.0. The van der Waals surface area contributed by atoms with Crippen molar-refractivity contribution in [2.45, 2.75) is 25.3 Å². The van der Waals surface area contributed by atoms with Crippen LogP contribution in [-0.2, 0) is 24.1 Å². The lowest BCUT2D eigenvalue weighted by Crippen LogP contribution is -2.24. The van der Waals surface area contributed by atoms with E-state index >= 15 is 0 Å². The fraction of sp³-hybridized carbons (Fsp3) is 0.400. The van der Waals surface area contributed by atoms with E-state index in [2.05, 4.69) is 28.5 Å². The SMILES string of the molecule is COC(=O)c1nnn(CC2Cc3ccccc32)c1CCN. The normalized spacial score (nSPS) is 16.2. The number of nitrogens with two attached hydrogens (primary N) is 1. The Balaban J connectivity index is 1.83. The number of carbonyl (C=O) groups is 1. The minimum Gasteiger partial charge on any atom is -0.464 e. The third kappa shape index (κ3) is 2.42. The van der Waals surface area contributed by atoms with Gasteiger partial charge in [0.1, 0.15) is 0 Å². The van der Waals surface area contributed by atoms with Crippen LogP contribution in [0, 0.1) is 0 Å². The molecule has 0 fully saturated rings. The number of hydrogen-bond acceptors (Lipinski definition) is 5. The van der Waals surface area contributed by atoms with Crippen molar-refractivity contribution >= 4 is 5.97 Å². The first-order valence-electron chi connectivity index (χ1n) is 7.03. The molecular formula is C15H18N4O2. The highest BCUT2D eigenvalue weighted by Crippen LogP contribution is 2.36. The number of fused-ring (bicyclic) bond motifs is 1. The smallest absolute Gasteiger partial charge is 0.360 e. The highest BCUT2D eigenvalue weighted by Gasteiger charge is 2.28. The number of aromatic nitrogens is 3. The monoisotopic (exact) mass is 286 g/mol. The first kappa shape index (κ1) is 13.8. The molecule has 1 aromatic carbocycles. The molecule has 0 amide bonds. The summed E-state index contributed by atoms with van der Waals surface area (Å²) in [6.07, 6.45) is 1.59. The average Bonchev–Trinajstić information content (AvgIpc) is 2.87. The van der Waals surface area contributed by atoms with E-state index in [0.29, 0.717) is 18.9 Å². The number of esters is 1. The number of ether oxygens (including phenoxy) is 1. The second kappa shape index (κ2) is 5.65. The summed E-state index contributed by atoms with van der Waals surface area (Å²) >= 11 is 0. The molecule has 21 heavy (non-hydrogen) atoms. The fourth-order valence-corrected chi connectivity index (χ4v) is 2.85. The molecule has 0 saturated carbocycles. The molecule has 0 bridgehead atoms. The third-order valence-corrected chi connectivity index (χ3v) is 3.95. The molecule has 1 heterocycles. The predicted molar refractivity (Wildman–Crippen MR) is 77.0 cm³/mol. The molecule has 110 valence electrons. The number of methoxy groups -OCH3 is 1. The molecule has 6 heteroatoms. The van der Waals surface area contributed by atoms with Gasteiger partial charge < -0.3 is 10.5 Å². The maximum Gasteiger partial charge on any atom is 0.360 e. The van der Waals surface area contributed by atoms with Crippen LogP contribution in [0.2, 0.25) is 0 Å². The third-order valence-electron chi connectivity index (χ3n) is 3.95. The summed E-state index contributed by atoms with van der Waals surface area (Å²) in [5.41, 5.74) is 9.40. The Bertz CT molecular complexity index is 665. The Morgan fingerprint density at radius 2 is 2.29 bits per heavy atom. The van der Waals surface area contributed by atoms with Crippen molar-refractivity contribution in [2.75, 3.05) is 13.7 Å². The van der Waals surface area contributed by atoms with Crippen molar-refractivity contribution in [3.8, 4) is 0 Å². The molecule has 2 aromatic rings. The summed E-state index contributed by atoms with van der Waals surface area (Å²) in [6, 6.07) is 8.39. The minimum absolute atomic E-state index is 0.274. The highest BCUT2D eigenvalue weighted by molar-refractivity contribution is 5.88. The first-order chi connectivity index (χ1) is 10.2. The van der Waals surface area contributed by atoms with E-state index in [9.17, 15) is 4.79 Å². The van der Waals surface area contributed by atoms with Crippen LogP contribution >= 0.6 is 0 Å². The number of carbonyl (C=O) groups excluding carboxylic acids is 1. The van der Waals surface area contributed by atoms with Crippen molar-refractivity contribution in [1.82, 2.24) is 15.0 Å². The van der Waals surface area contributed by atoms with Gasteiger partial charge in [0.2, 0.25) is 0 Å². The van der Waals surface area contributed by atoms with Crippen LogP contribution in [0.25, 0.3) is 0 Å². The molecule has 1 aromatic heterocycles. The van der Waals surface area contributed by atoms with Gasteiger partial charge in [-0.3, -0.25) is 0 Å². The molecule has 1 aliphatic rings. The minimum atomic E-state index is -0.460. The maximum absolute atomic E-state index is 11.7. The number of rotatable bonds is 5. The van der Waals surface area contributed by atoms with Crippen LogP contribution in [0.4, 0.5) is 0 Å². The molecule has 1 unspecified atom stereocenters. The summed E-state index contributed by atoms with van der Waals surface area (Å²) < 4.78 is 6.53. The van der Waals surface area contributed by atoms with Gasteiger partial charge in [0.05, 0.1) is 19.3 Å². The van der Waals surface area contributed by atoms with E-state index in [1.807, 2.05) is 6.07 Å². The Morgan fingerprint density at radius 1 is 1.48 bits per heavy atom. The zero-order valence-electron chi connectivity index (χ0n) is 12.0. The van der Waals surface area contributed by atoms with Gasteiger partial charge in [0.15, 0.2) is 5.69 Å². The van der Waals surface area contributed by atoms with Crippen molar-refractivity contribution in [2.24, 2.45) is 5.73 Å². The fourth-order valence-electron chi connectivity index (χ4n) is 2.85. The maximum atomic E-state index is 11.7. The van der Waals surface area contributed by atoms with Gasteiger partial charge in [-0.2, -0.15) is 0 Å². The van der Waals surface area contributed by atoms with Gasteiger partial charge in [0, 0.05) is 12.3 Å². The molecular weight excluding hydrogens is 268 g/mol. The Hall–Kier alpha value is -2.21. The van der Waals surface area contributed by atoms with E-state index in [0.717, 1.165) is 18.7 Å². The highest BCUT2D eigenvalue weighted by atomic mass is 16.5. The standard InChI is InChI=1S/C15H18N4O2/c1-21-15(20)14-13(6-7-16)19(18-17-14)9-11-8-10-4-2-3-5-12(10)11/h2-5,11H,6-9,16H2,1H3. The van der Waals surface area contributed by atoms with Crippen molar-refractivity contribution < 1.29 is 9.53 Å². The zero-order chi connectivity index (χ0) is 14.8. The van der Waals surface area contributed by atoms with Crippen LogP contribution in [0.15, 0.2) is 24.3 Å². The summed E-state index contributed by atoms with van der Waals surface area (Å²) in [5, 5.41) is 8.06. The van der Waals surface area contributed by atoms with Crippen LogP contribution in [0.1, 0.15) is 33.2 Å². The summed E-state index contributed by atoms with van der Waals surface area (Å²) in [4.78, 5) is 11.7. The Morgan fingerprint density at radius 3 is 3.00 bits per heavy atom. The van der Waals surface area contributed by atoms with Gasteiger partial charge in [-0.05, 0) is 24.1 Å². The second-order valence-electron chi connectivity index (χ2n) is 5.20. The van der Waals surface area contributed by atoms with E-state index in [1.54, 1.807) is 4.68 Å². The number of benzene rings is 1. The summed E-state index contributed by atoms with van der Waals surface area (Å²) in [7, 11) is 1.34. The van der Waals surface area contributed by atoms with Crippen LogP contribution in [0.3, 0.4) is 0 Å². The Kier molecular flexibility index (Phi) is 3.70. The topological polar surface area (TPSA) is 83.0 Å². The molecule has 1 atom stereocenters. The van der Waals surface area contributed by atoms with E-state index in [1.165, 1.54) is 18.2 Å². The summed E-state index contributed by atoms with van der Waals surface area (Å²) in [6.45, 7) is 1.16. The van der Waals surface area contributed by atoms with Crippen molar-refractivity contribution in [1.29, 1.82) is 0 Å². The van der Waals surface area contributed by atoms with Crippen molar-refractivity contribution in [3.05, 3.63) is 46.8 Å². The van der Waals surface area contributed by atoms with Crippen LogP contribution in [0.5, 0.6) is 0 Å². The average molecular weight is 286 g/mol. The molecule has 0 spiro atoms. The molecule has 0 radical (unpaired) electrons. The lowest BCUT2D eigenvalue weighted by atomic mass is 9.77. The van der Waals surface area contributed by atoms with Crippen molar-refractivity contribution in [3.63, 3.8) is 0 Å². The van der Waals surface area contributed by atoms with Crippen LogP contribution in [-0.4, -0.2) is 34.6 Å². The van der Waals surface area contributed by atoms with Gasteiger partial charge in [-0.15, -0.1) is 5.10 Å². The van der Waals surface area contributed by atoms with E-state index in [4.69, 9.17) is 10.5 Å². The molecule has 1 aliphatic carbocycles. The van der Waals surface area contributed by atoms with Gasteiger partial charge in [0.25, 0.3) is 0 Å². The van der Waals surface area contributed by atoms with Gasteiger partial charge >= 0.3 is 5.97 Å². The van der Waals surface area contributed by atoms with E-state index < -0.39 is 5.97 Å². The first-order valence-corrected chi connectivity index (χ1v) is 7.03. The quantitative estimate of drug-likeness (QED) is 0.826. The van der Waals surface area contributed by atoms with Crippen LogP contribution < -0.4 is 5.73 Å². The van der Waals surface area contributed by atoms with Gasteiger partial charge in [-0.1, -0.05) is 29.5 Å². The lowest BCUT2D eigenvalue weighted by molar-refractivity contribution is 0.0592. The lowest BCUT2D eigenvalue weighted by Gasteiger charge is -2.30. The molecule has 0 aliphatic heterocycles. The predicted octanol–water partition coefficient (Wildman–Crippen LogP) is 0.906. The molecule has 6 nitrogen and oxygen atoms in total. The largest absolute Gasteiger partial charge is 0.464 e.